The van der Waals surface area contributed by atoms with Gasteiger partial charge in [-0.3, -0.25) is 14.6 Å². The van der Waals surface area contributed by atoms with E-state index < -0.39 is 48.3 Å². The fourth-order valence-corrected chi connectivity index (χ4v) is 6.71. The van der Waals surface area contributed by atoms with Gasteiger partial charge in [0.05, 0.1) is 35.7 Å². The van der Waals surface area contributed by atoms with E-state index in [1.165, 1.54) is 46.0 Å². The Morgan fingerprint density at radius 3 is 2.66 bits per heavy atom. The number of amides is 2. The lowest BCUT2D eigenvalue weighted by molar-refractivity contribution is -0.183. The first-order chi connectivity index (χ1) is 23.8. The predicted molar refractivity (Wildman–Crippen MR) is 173 cm³/mol. The summed E-state index contributed by atoms with van der Waals surface area (Å²) in [5.41, 5.74) is 3.47. The Labute approximate surface area is 286 Å². The van der Waals surface area contributed by atoms with E-state index in [9.17, 15) is 31.5 Å². The minimum atomic E-state index is -4.42. The lowest BCUT2D eigenvalue weighted by atomic mass is 9.81. The second-order valence-corrected chi connectivity index (χ2v) is 12.8. The number of nitrogens with zero attached hydrogens (tertiary/aromatic N) is 8. The number of halogens is 5. The van der Waals surface area contributed by atoms with Crippen LogP contribution in [0.2, 0.25) is 0 Å². The average Bonchev–Trinajstić information content (AvgIpc) is 3.74. The number of aryl methyl sites for hydroxylation is 2. The predicted octanol–water partition coefficient (Wildman–Crippen LogP) is 4.77. The fraction of sp³-hybridized carbons (Fsp3) is 0.576. The quantitative estimate of drug-likeness (QED) is 0.141. The van der Waals surface area contributed by atoms with Crippen molar-refractivity contribution in [1.82, 2.24) is 45.2 Å². The number of hydrogen-bond acceptors (Lipinski definition) is 9. The van der Waals surface area contributed by atoms with E-state index in [1.807, 2.05) is 6.20 Å². The van der Waals surface area contributed by atoms with Crippen molar-refractivity contribution in [2.75, 3.05) is 13.1 Å². The number of fused-ring (bicyclic) bond motifs is 2. The zero-order valence-electron chi connectivity index (χ0n) is 28.0. The Hall–Kier alpha value is -4.57. The van der Waals surface area contributed by atoms with Crippen molar-refractivity contribution in [2.45, 2.75) is 89.8 Å². The van der Waals surface area contributed by atoms with Crippen molar-refractivity contribution in [1.29, 1.82) is 0 Å². The van der Waals surface area contributed by atoms with Crippen molar-refractivity contribution in [3.63, 3.8) is 0 Å². The minimum absolute atomic E-state index is 0.0567. The van der Waals surface area contributed by atoms with Gasteiger partial charge in [0.25, 0.3) is 11.7 Å². The normalized spacial score (nSPS) is 21.4. The molecular formula is C33H41F5N10O2. The lowest BCUT2D eigenvalue weighted by Crippen LogP contribution is -2.47. The van der Waals surface area contributed by atoms with Gasteiger partial charge in [0, 0.05) is 56.9 Å². The Balaban J connectivity index is 0.000000462. The van der Waals surface area contributed by atoms with E-state index >= 15 is 0 Å². The van der Waals surface area contributed by atoms with Crippen LogP contribution >= 0.6 is 0 Å². The number of hydrogen-bond donors (Lipinski definition) is 2. The summed E-state index contributed by atoms with van der Waals surface area (Å²) in [5, 5.41) is 14.9. The van der Waals surface area contributed by atoms with E-state index in [4.69, 9.17) is 0 Å². The maximum Gasteiger partial charge on any atom is 0.393 e. The van der Waals surface area contributed by atoms with Crippen LogP contribution in [0.5, 0.6) is 0 Å². The monoisotopic (exact) mass is 704 g/mol. The number of allylic oxidation sites excluding steroid dienone is 1. The number of imidazole rings is 1. The van der Waals surface area contributed by atoms with Gasteiger partial charge in [0.2, 0.25) is 11.8 Å². The van der Waals surface area contributed by atoms with Crippen LogP contribution in [0.3, 0.4) is 0 Å². The number of aromatic nitrogens is 6. The summed E-state index contributed by atoms with van der Waals surface area (Å²) in [6, 6.07) is -0.749. The zero-order valence-corrected chi connectivity index (χ0v) is 28.0. The molecule has 2 amide bonds. The van der Waals surface area contributed by atoms with Crippen molar-refractivity contribution in [3.05, 3.63) is 59.3 Å². The number of nitrogens with one attached hydrogen (secondary N) is 2. The smallest absolute Gasteiger partial charge is 0.355 e. The third-order valence-electron chi connectivity index (χ3n) is 9.47. The number of likely N-dealkylation sites (N-methyl/N-ethyl adjacent to an activating group) is 1. The summed E-state index contributed by atoms with van der Waals surface area (Å²) >= 11 is 0. The largest absolute Gasteiger partial charge is 0.393 e. The Kier molecular flexibility index (Phi) is 11.4. The van der Waals surface area contributed by atoms with E-state index in [1.54, 1.807) is 26.3 Å². The van der Waals surface area contributed by atoms with Crippen LogP contribution in [0.25, 0.3) is 5.78 Å². The molecule has 1 saturated carbocycles. The molecule has 0 radical (unpaired) electrons. The highest BCUT2D eigenvalue weighted by Gasteiger charge is 2.45. The average molecular weight is 705 g/mol. The molecule has 3 aliphatic rings. The number of carbonyl (C=O) groups is 2. The van der Waals surface area contributed by atoms with E-state index in [-0.39, 0.29) is 61.6 Å². The van der Waals surface area contributed by atoms with E-state index in [0.29, 0.717) is 12.2 Å². The van der Waals surface area contributed by atoms with Gasteiger partial charge in [-0.05, 0) is 63.9 Å². The van der Waals surface area contributed by atoms with Crippen LogP contribution in [-0.4, -0.2) is 78.3 Å². The van der Waals surface area contributed by atoms with Crippen LogP contribution < -0.4 is 10.6 Å². The minimum Gasteiger partial charge on any atom is -0.355 e. The molecule has 3 aromatic rings. The molecule has 2 N–H and O–H groups in total. The van der Waals surface area contributed by atoms with Gasteiger partial charge in [-0.25, -0.2) is 33.2 Å². The topological polar surface area (TPSA) is 143 Å². The van der Waals surface area contributed by atoms with Gasteiger partial charge in [-0.15, -0.1) is 0 Å². The SMILES string of the molecule is C=NN(CC)/C(=C\C)C(=O)NC(c1cn2nc(CC3CC(C(F)(F)F)CNC3=O)cnc2n1)C1CCC(F)(F)CC1.c1ncc2c(n1)CCC2. The maximum absolute atomic E-state index is 14.0. The summed E-state index contributed by atoms with van der Waals surface area (Å²) in [4.78, 5) is 42.4. The van der Waals surface area contributed by atoms with Crippen molar-refractivity contribution < 1.29 is 31.5 Å². The molecule has 0 bridgehead atoms. The second-order valence-electron chi connectivity index (χ2n) is 12.8. The Bertz CT molecular complexity index is 1680. The molecule has 1 aliphatic heterocycles. The summed E-state index contributed by atoms with van der Waals surface area (Å²) in [5.74, 6) is -6.51. The molecule has 17 heteroatoms. The first-order valence-corrected chi connectivity index (χ1v) is 16.7. The number of hydrazone groups is 1. The van der Waals surface area contributed by atoms with Gasteiger partial charge in [-0.1, -0.05) is 6.08 Å². The second kappa shape index (κ2) is 15.5. The number of carbonyl (C=O) groups excluding carboxylic acids is 2. The Morgan fingerprint density at radius 1 is 1.24 bits per heavy atom. The van der Waals surface area contributed by atoms with Crippen molar-refractivity contribution in [2.24, 2.45) is 22.9 Å². The van der Waals surface area contributed by atoms with Crippen LogP contribution in [-0.2, 0) is 28.9 Å². The molecule has 50 heavy (non-hydrogen) atoms. The van der Waals surface area contributed by atoms with Gasteiger partial charge in [0.1, 0.15) is 12.0 Å². The molecule has 6 rings (SSSR count). The molecule has 0 aromatic carbocycles. The van der Waals surface area contributed by atoms with Crippen molar-refractivity contribution in [3.8, 4) is 0 Å². The molecule has 2 aliphatic carbocycles. The summed E-state index contributed by atoms with van der Waals surface area (Å²) in [7, 11) is 0. The zero-order chi connectivity index (χ0) is 36.1. The number of rotatable bonds is 9. The van der Waals surface area contributed by atoms with Crippen LogP contribution in [0, 0.1) is 17.8 Å². The highest BCUT2D eigenvalue weighted by molar-refractivity contribution is 5.93. The molecule has 1 saturated heterocycles. The molecule has 4 heterocycles. The van der Waals surface area contributed by atoms with Gasteiger partial charge in [0.15, 0.2) is 0 Å². The third kappa shape index (κ3) is 8.77. The summed E-state index contributed by atoms with van der Waals surface area (Å²) in [6.07, 6.45) is 6.38. The summed E-state index contributed by atoms with van der Waals surface area (Å²) < 4.78 is 68.9. The van der Waals surface area contributed by atoms with Crippen molar-refractivity contribution >= 4 is 24.3 Å². The van der Waals surface area contributed by atoms with Crippen LogP contribution in [0.1, 0.15) is 81.1 Å². The van der Waals surface area contributed by atoms with Gasteiger partial charge >= 0.3 is 6.18 Å². The van der Waals surface area contributed by atoms with E-state index in [2.05, 4.69) is 47.5 Å². The first-order valence-electron chi connectivity index (χ1n) is 16.7. The third-order valence-corrected chi connectivity index (χ3v) is 9.47. The summed E-state index contributed by atoms with van der Waals surface area (Å²) in [6.45, 7) is 6.87. The van der Waals surface area contributed by atoms with Gasteiger partial charge in [-0.2, -0.15) is 23.4 Å². The van der Waals surface area contributed by atoms with Gasteiger partial charge < -0.3 is 10.6 Å². The molecule has 270 valence electrons. The Morgan fingerprint density at radius 2 is 2.00 bits per heavy atom. The maximum atomic E-state index is 14.0. The van der Waals surface area contributed by atoms with Crippen LogP contribution in [0.15, 0.2) is 41.8 Å². The standard InChI is InChI=1S/C26H33F5N8O2.C7H8N2/c1-4-20(38(5-2)32-3)23(41)36-21(15-6-8-25(27,28)9-7-15)19-14-39-24(35-19)34-13-18(37-39)11-16-10-17(26(29,30)31)12-33-22(16)40;1-2-6-4-8-5-9-7(6)3-1/h4,13-17,21H,3,5-12H2,1-2H3,(H,33,40)(H,36,41);4-5H,1-3H2/b20-4-;. The molecule has 2 fully saturated rings. The molecule has 3 aromatic heterocycles. The van der Waals surface area contributed by atoms with Crippen LogP contribution in [0.4, 0.5) is 22.0 Å². The molecule has 0 spiro atoms. The first kappa shape index (κ1) is 36.7. The molecule has 3 unspecified atom stereocenters. The lowest BCUT2D eigenvalue weighted by Gasteiger charge is -2.34. The molecular weight excluding hydrogens is 663 g/mol. The number of alkyl halides is 5. The fourth-order valence-electron chi connectivity index (χ4n) is 6.71. The molecule has 12 nitrogen and oxygen atoms in total. The number of piperidine rings is 1. The highest BCUT2D eigenvalue weighted by atomic mass is 19.4. The highest BCUT2D eigenvalue weighted by Crippen LogP contribution is 2.41. The molecule has 3 atom stereocenters. The van der Waals surface area contributed by atoms with E-state index in [0.717, 1.165) is 6.42 Å².